The molecule has 5 nitrogen and oxygen atoms in total. The van der Waals surface area contributed by atoms with Gasteiger partial charge in [-0.1, -0.05) is 6.58 Å². The van der Waals surface area contributed by atoms with E-state index < -0.39 is 0 Å². The van der Waals surface area contributed by atoms with Crippen LogP contribution in [0.4, 0.5) is 5.82 Å². The van der Waals surface area contributed by atoms with Crippen LogP contribution < -0.4 is 19.5 Å². The average molecular weight is 310 g/mol. The van der Waals surface area contributed by atoms with Gasteiger partial charge in [-0.3, -0.25) is 0 Å². The number of quaternary nitrogens is 1. The lowest BCUT2D eigenvalue weighted by atomic mass is 10.1. The lowest BCUT2D eigenvalue weighted by molar-refractivity contribution is -0.894. The summed E-state index contributed by atoms with van der Waals surface area (Å²) in [5.74, 6) is 1.72. The number of nitrogens with one attached hydrogen (secondary N) is 2. The predicted octanol–water partition coefficient (Wildman–Crippen LogP) is 0.425. The molecule has 2 heterocycles. The van der Waals surface area contributed by atoms with Crippen LogP contribution in [0.5, 0.6) is 5.75 Å². The van der Waals surface area contributed by atoms with Gasteiger partial charge >= 0.3 is 0 Å². The van der Waals surface area contributed by atoms with E-state index in [1.165, 1.54) is 4.90 Å². The number of pyridine rings is 1. The number of hydrogen-bond donors (Lipinski definition) is 1. The van der Waals surface area contributed by atoms with Crippen molar-refractivity contribution in [3.8, 4) is 11.8 Å². The molecule has 1 aliphatic heterocycles. The van der Waals surface area contributed by atoms with Gasteiger partial charge in [0.1, 0.15) is 49.1 Å². The summed E-state index contributed by atoms with van der Waals surface area (Å²) in [6, 6.07) is 10.1. The first-order chi connectivity index (χ1) is 11.2. The monoisotopic (exact) mass is 310 g/mol. The molecule has 1 aromatic carbocycles. The zero-order chi connectivity index (χ0) is 16.2. The Bertz CT molecular complexity index is 757. The Morgan fingerprint density at radius 2 is 2.17 bits per heavy atom. The van der Waals surface area contributed by atoms with Crippen molar-refractivity contribution in [2.24, 2.45) is 0 Å². The number of benzene rings is 1. The number of nitrogens with zero attached hydrogens (tertiary/aromatic N) is 2. The van der Waals surface area contributed by atoms with E-state index in [-0.39, 0.29) is 0 Å². The number of nitriles is 1. The first-order valence-electron chi connectivity index (χ1n) is 7.88. The highest BCUT2D eigenvalue weighted by atomic mass is 16.5. The van der Waals surface area contributed by atoms with E-state index in [1.54, 1.807) is 7.11 Å². The van der Waals surface area contributed by atoms with Gasteiger partial charge in [0.15, 0.2) is 0 Å². The Balaban J connectivity index is 1.93. The van der Waals surface area contributed by atoms with E-state index in [2.05, 4.69) is 22.5 Å². The van der Waals surface area contributed by atoms with Crippen LogP contribution in [0.15, 0.2) is 36.9 Å². The van der Waals surface area contributed by atoms with Crippen LogP contribution in [0.2, 0.25) is 0 Å². The van der Waals surface area contributed by atoms with Crippen LogP contribution >= 0.6 is 0 Å². The summed E-state index contributed by atoms with van der Waals surface area (Å²) < 4.78 is 5.29. The Morgan fingerprint density at radius 3 is 2.83 bits per heavy atom. The van der Waals surface area contributed by atoms with Crippen molar-refractivity contribution in [1.29, 1.82) is 5.26 Å². The third-order valence-electron chi connectivity index (χ3n) is 4.41. The highest BCUT2D eigenvalue weighted by Crippen LogP contribution is 2.22. The normalized spacial score (nSPS) is 15.4. The minimum absolute atomic E-state index is 0.690. The molecule has 0 amide bonds. The second-order valence-corrected chi connectivity index (χ2v) is 5.83. The minimum Gasteiger partial charge on any atom is -0.497 e. The largest absolute Gasteiger partial charge is 0.497 e. The Hall–Kier alpha value is -2.58. The second kappa shape index (κ2) is 6.67. The quantitative estimate of drug-likeness (QED) is 0.833. The molecular formula is C18H22N4O+2. The molecule has 0 atom stereocenters. The maximum atomic E-state index is 9.51. The fourth-order valence-corrected chi connectivity index (χ4v) is 3.10. The van der Waals surface area contributed by atoms with Crippen molar-refractivity contribution >= 4 is 16.7 Å². The van der Waals surface area contributed by atoms with Crippen LogP contribution in [0.3, 0.4) is 0 Å². The number of H-pyrrole nitrogens is 1. The summed E-state index contributed by atoms with van der Waals surface area (Å²) >= 11 is 0. The van der Waals surface area contributed by atoms with Gasteiger partial charge in [0.2, 0.25) is 0 Å². The third kappa shape index (κ3) is 3.13. The number of aromatic nitrogens is 1. The first kappa shape index (κ1) is 15.3. The molecule has 1 saturated heterocycles. The Kier molecular flexibility index (Phi) is 4.45. The molecule has 2 N–H and O–H groups in total. The van der Waals surface area contributed by atoms with Gasteiger partial charge in [-0.25, -0.2) is 9.88 Å². The topological polar surface area (TPSA) is 54.8 Å². The molecule has 0 unspecified atom stereocenters. The van der Waals surface area contributed by atoms with E-state index in [9.17, 15) is 5.26 Å². The maximum Gasteiger partial charge on any atom is 0.293 e. The van der Waals surface area contributed by atoms with Gasteiger partial charge < -0.3 is 9.64 Å². The lowest BCUT2D eigenvalue weighted by Gasteiger charge is -2.27. The smallest absolute Gasteiger partial charge is 0.293 e. The van der Waals surface area contributed by atoms with Crippen LogP contribution in [-0.4, -0.2) is 39.8 Å². The van der Waals surface area contributed by atoms with E-state index in [4.69, 9.17) is 4.74 Å². The second-order valence-electron chi connectivity index (χ2n) is 5.83. The van der Waals surface area contributed by atoms with Crippen molar-refractivity contribution in [3.63, 3.8) is 0 Å². The maximum absolute atomic E-state index is 9.51. The molecule has 0 saturated carbocycles. The third-order valence-corrected chi connectivity index (χ3v) is 4.41. The van der Waals surface area contributed by atoms with E-state index in [0.717, 1.165) is 55.2 Å². The molecule has 1 aromatic heterocycles. The van der Waals surface area contributed by atoms with Crippen LogP contribution in [0, 0.1) is 11.3 Å². The number of ether oxygens (including phenoxy) is 1. The van der Waals surface area contributed by atoms with Crippen LogP contribution in [0.25, 0.3) is 10.9 Å². The van der Waals surface area contributed by atoms with E-state index >= 15 is 0 Å². The van der Waals surface area contributed by atoms with Gasteiger partial charge in [0, 0.05) is 11.5 Å². The highest BCUT2D eigenvalue weighted by Gasteiger charge is 2.28. The highest BCUT2D eigenvalue weighted by molar-refractivity contribution is 5.80. The molecule has 0 radical (unpaired) electrons. The summed E-state index contributed by atoms with van der Waals surface area (Å²) in [7, 11) is 1.66. The average Bonchev–Trinajstić information content (AvgIpc) is 2.61. The molecule has 5 heteroatoms. The van der Waals surface area contributed by atoms with Gasteiger partial charge in [-0.2, -0.15) is 5.26 Å². The first-order valence-corrected chi connectivity index (χ1v) is 7.88. The van der Waals surface area contributed by atoms with Crippen molar-refractivity contribution in [3.05, 3.63) is 42.5 Å². The molecule has 0 spiro atoms. The Morgan fingerprint density at radius 1 is 1.39 bits per heavy atom. The predicted molar refractivity (Wildman–Crippen MR) is 89.7 cm³/mol. The zero-order valence-corrected chi connectivity index (χ0v) is 13.4. The summed E-state index contributed by atoms with van der Waals surface area (Å²) in [6.07, 6.45) is 1.97. The number of methoxy groups -OCH3 is 1. The molecular weight excluding hydrogens is 288 g/mol. The summed E-state index contributed by atoms with van der Waals surface area (Å²) in [6.45, 7) is 8.79. The number of piperazine rings is 1. The van der Waals surface area contributed by atoms with Crippen molar-refractivity contribution < 1.29 is 14.6 Å². The number of rotatable bonds is 4. The van der Waals surface area contributed by atoms with E-state index in [0.29, 0.717) is 5.56 Å². The summed E-state index contributed by atoms with van der Waals surface area (Å²) in [4.78, 5) is 7.24. The minimum atomic E-state index is 0.690. The van der Waals surface area contributed by atoms with Gasteiger partial charge in [-0.15, -0.1) is 0 Å². The fourth-order valence-electron chi connectivity index (χ4n) is 3.10. The van der Waals surface area contributed by atoms with Gasteiger partial charge in [0.05, 0.1) is 13.7 Å². The summed E-state index contributed by atoms with van der Waals surface area (Å²) in [5, 5.41) is 10.5. The molecule has 0 bridgehead atoms. The van der Waals surface area contributed by atoms with Crippen molar-refractivity contribution in [1.82, 2.24) is 0 Å². The number of aromatic amines is 1. The van der Waals surface area contributed by atoms with Crippen LogP contribution in [-0.2, 0) is 0 Å². The molecule has 118 valence electrons. The Labute approximate surface area is 136 Å². The molecule has 23 heavy (non-hydrogen) atoms. The van der Waals surface area contributed by atoms with Gasteiger partial charge in [0.25, 0.3) is 5.82 Å². The number of anilines is 1. The standard InChI is InChI=1S/C18H20N4O/c1-3-6-21-7-9-22(10-8-21)18-15(13-19)11-14-4-5-16(23-2)12-17(14)20-18/h3-5,11-12H,1,6-10H2,2H3/p+2. The van der Waals surface area contributed by atoms with Crippen molar-refractivity contribution in [2.45, 2.75) is 0 Å². The number of hydrogen-bond acceptors (Lipinski definition) is 3. The van der Waals surface area contributed by atoms with E-state index in [1.807, 2.05) is 30.3 Å². The van der Waals surface area contributed by atoms with Gasteiger partial charge in [-0.05, 0) is 24.3 Å². The lowest BCUT2D eigenvalue weighted by Crippen LogP contribution is -3.14. The molecule has 2 aromatic rings. The SMILES string of the molecule is C=CC[NH+]1CCN(c2[nH+]c3cc(OC)ccc3cc2C#N)CC1. The number of fused-ring (bicyclic) bond motifs is 1. The molecule has 1 fully saturated rings. The molecule has 0 aliphatic carbocycles. The van der Waals surface area contributed by atoms with Crippen molar-refractivity contribution in [2.75, 3.05) is 44.7 Å². The zero-order valence-electron chi connectivity index (χ0n) is 13.4. The molecule has 1 aliphatic rings. The van der Waals surface area contributed by atoms with Crippen LogP contribution in [0.1, 0.15) is 5.56 Å². The molecule has 3 rings (SSSR count). The summed E-state index contributed by atoms with van der Waals surface area (Å²) in [5.41, 5.74) is 1.68. The fraction of sp³-hybridized carbons (Fsp3) is 0.333.